The largest absolute Gasteiger partial charge is 0.491 e. The molecule has 1 aliphatic rings. The lowest BCUT2D eigenvalue weighted by molar-refractivity contribution is -0.144. The first kappa shape index (κ1) is 16.5. The van der Waals surface area contributed by atoms with E-state index in [4.69, 9.17) is 21.1 Å². The normalized spacial score (nSPS) is 26.8. The summed E-state index contributed by atoms with van der Waals surface area (Å²) < 4.78 is 11.6. The van der Waals surface area contributed by atoms with Gasteiger partial charge in [-0.15, -0.1) is 11.3 Å². The SMILES string of the molecule is CCOc1c(Cl)csc1C1C[C@@H](C)[C@H](C(NC)C(=O)O)O1. The molecule has 2 N–H and O–H groups in total. The van der Waals surface area contributed by atoms with Crippen molar-refractivity contribution >= 4 is 28.9 Å². The molecule has 7 heteroatoms. The molecule has 2 unspecified atom stereocenters. The summed E-state index contributed by atoms with van der Waals surface area (Å²) in [6.45, 7) is 4.44. The van der Waals surface area contributed by atoms with E-state index < -0.39 is 12.0 Å². The van der Waals surface area contributed by atoms with E-state index in [0.29, 0.717) is 17.4 Å². The third-order valence-electron chi connectivity index (χ3n) is 3.68. The molecule has 0 spiro atoms. The van der Waals surface area contributed by atoms with Gasteiger partial charge in [0.2, 0.25) is 0 Å². The molecule has 1 fully saturated rings. The topological polar surface area (TPSA) is 67.8 Å². The Bertz CT molecular complexity index is 507. The lowest BCUT2D eigenvalue weighted by atomic mass is 9.96. The van der Waals surface area contributed by atoms with Crippen LogP contribution in [0.4, 0.5) is 0 Å². The zero-order valence-electron chi connectivity index (χ0n) is 12.3. The fourth-order valence-corrected chi connectivity index (χ4v) is 3.96. The summed E-state index contributed by atoms with van der Waals surface area (Å²) in [5, 5.41) is 14.5. The minimum Gasteiger partial charge on any atom is -0.491 e. The number of ether oxygens (including phenoxy) is 2. The quantitative estimate of drug-likeness (QED) is 0.837. The van der Waals surface area contributed by atoms with E-state index in [1.54, 1.807) is 7.05 Å². The predicted octanol–water partition coefficient (Wildman–Crippen LogP) is 2.94. The number of aliphatic carboxylic acids is 1. The molecule has 0 bridgehead atoms. The average molecular weight is 334 g/mol. The van der Waals surface area contributed by atoms with Gasteiger partial charge in [0.15, 0.2) is 5.75 Å². The minimum atomic E-state index is -0.899. The Morgan fingerprint density at radius 1 is 1.71 bits per heavy atom. The molecule has 2 heterocycles. The number of carbonyl (C=O) groups is 1. The zero-order chi connectivity index (χ0) is 15.6. The summed E-state index contributed by atoms with van der Waals surface area (Å²) in [6, 6.07) is -0.712. The number of hydrogen-bond acceptors (Lipinski definition) is 5. The van der Waals surface area contributed by atoms with Crippen molar-refractivity contribution in [3.63, 3.8) is 0 Å². The Hall–Kier alpha value is -0.820. The van der Waals surface area contributed by atoms with Crippen molar-refractivity contribution in [2.45, 2.75) is 38.5 Å². The van der Waals surface area contributed by atoms with Crippen LogP contribution in [-0.2, 0) is 9.53 Å². The highest BCUT2D eigenvalue weighted by Gasteiger charge is 2.42. The lowest BCUT2D eigenvalue weighted by Crippen LogP contribution is -2.46. The minimum absolute atomic E-state index is 0.138. The third kappa shape index (κ3) is 3.34. The second-order valence-electron chi connectivity index (χ2n) is 5.12. The maximum atomic E-state index is 11.3. The highest BCUT2D eigenvalue weighted by Crippen LogP contribution is 2.47. The first-order chi connectivity index (χ1) is 9.99. The number of thiophene rings is 1. The zero-order valence-corrected chi connectivity index (χ0v) is 13.8. The molecule has 2 rings (SSSR count). The maximum absolute atomic E-state index is 11.3. The van der Waals surface area contributed by atoms with Gasteiger partial charge in [0.25, 0.3) is 0 Å². The molecule has 1 aromatic heterocycles. The van der Waals surface area contributed by atoms with Gasteiger partial charge in [0.1, 0.15) is 6.04 Å². The molecular formula is C14H20ClNO4S. The van der Waals surface area contributed by atoms with Gasteiger partial charge >= 0.3 is 5.97 Å². The summed E-state index contributed by atoms with van der Waals surface area (Å²) >= 11 is 7.63. The molecule has 0 aromatic carbocycles. The molecule has 118 valence electrons. The Labute approximate surface area is 133 Å². The van der Waals surface area contributed by atoms with Crippen LogP contribution in [0.2, 0.25) is 5.02 Å². The maximum Gasteiger partial charge on any atom is 0.323 e. The van der Waals surface area contributed by atoms with Crippen molar-refractivity contribution in [2.24, 2.45) is 5.92 Å². The standard InChI is InChI=1S/C14H20ClNO4S/c1-4-19-12-8(15)6-21-13(12)9-5-7(2)11(20-9)10(16-3)14(17)18/h6-7,9-11,16H,4-5H2,1-3H3,(H,17,18)/t7-,9?,10?,11-/m1/s1. The first-order valence-electron chi connectivity index (χ1n) is 6.94. The molecular weight excluding hydrogens is 314 g/mol. The fourth-order valence-electron chi connectivity index (χ4n) is 2.70. The van der Waals surface area contributed by atoms with E-state index in [0.717, 1.165) is 11.3 Å². The third-order valence-corrected chi connectivity index (χ3v) is 5.15. The van der Waals surface area contributed by atoms with Crippen molar-refractivity contribution in [1.82, 2.24) is 5.32 Å². The van der Waals surface area contributed by atoms with Crippen LogP contribution in [0.25, 0.3) is 0 Å². The van der Waals surface area contributed by atoms with E-state index in [1.807, 2.05) is 19.2 Å². The highest BCUT2D eigenvalue weighted by atomic mass is 35.5. The van der Waals surface area contributed by atoms with Crippen LogP contribution in [0.15, 0.2) is 5.38 Å². The molecule has 1 aromatic rings. The van der Waals surface area contributed by atoms with Crippen molar-refractivity contribution < 1.29 is 19.4 Å². The van der Waals surface area contributed by atoms with Crippen molar-refractivity contribution in [2.75, 3.05) is 13.7 Å². The average Bonchev–Trinajstić information content (AvgIpc) is 2.96. The van der Waals surface area contributed by atoms with Crippen molar-refractivity contribution in [3.8, 4) is 5.75 Å². The predicted molar refractivity (Wildman–Crippen MR) is 82.4 cm³/mol. The number of rotatable bonds is 6. The van der Waals surface area contributed by atoms with E-state index in [-0.39, 0.29) is 18.1 Å². The van der Waals surface area contributed by atoms with Crippen LogP contribution in [0.1, 0.15) is 31.2 Å². The Morgan fingerprint density at radius 3 is 3.00 bits per heavy atom. The molecule has 5 nitrogen and oxygen atoms in total. The molecule has 0 radical (unpaired) electrons. The molecule has 0 aliphatic carbocycles. The van der Waals surface area contributed by atoms with Crippen LogP contribution in [0.5, 0.6) is 5.75 Å². The summed E-state index contributed by atoms with van der Waals surface area (Å²) in [5.41, 5.74) is 0. The molecule has 21 heavy (non-hydrogen) atoms. The van der Waals surface area contributed by atoms with Crippen LogP contribution >= 0.6 is 22.9 Å². The Kier molecular flexibility index (Phi) is 5.48. The number of halogens is 1. The smallest absolute Gasteiger partial charge is 0.323 e. The lowest BCUT2D eigenvalue weighted by Gasteiger charge is -2.22. The van der Waals surface area contributed by atoms with Crippen molar-refractivity contribution in [1.29, 1.82) is 0 Å². The molecule has 1 saturated heterocycles. The van der Waals surface area contributed by atoms with Gasteiger partial charge in [-0.2, -0.15) is 0 Å². The number of carboxylic acids is 1. The van der Waals surface area contributed by atoms with Gasteiger partial charge in [0, 0.05) is 5.38 Å². The number of carboxylic acid groups (broad SMARTS) is 1. The number of likely N-dealkylation sites (N-methyl/N-ethyl adjacent to an activating group) is 1. The Morgan fingerprint density at radius 2 is 2.43 bits per heavy atom. The summed E-state index contributed by atoms with van der Waals surface area (Å²) in [5.74, 6) is -0.0958. The summed E-state index contributed by atoms with van der Waals surface area (Å²) in [7, 11) is 1.63. The number of hydrogen-bond donors (Lipinski definition) is 2. The van der Waals surface area contributed by atoms with Crippen LogP contribution < -0.4 is 10.1 Å². The van der Waals surface area contributed by atoms with Gasteiger partial charge in [-0.3, -0.25) is 4.79 Å². The fraction of sp³-hybridized carbons (Fsp3) is 0.643. The van der Waals surface area contributed by atoms with Crippen LogP contribution in [-0.4, -0.2) is 36.9 Å². The van der Waals surface area contributed by atoms with E-state index in [2.05, 4.69) is 5.32 Å². The Balaban J connectivity index is 2.19. The van der Waals surface area contributed by atoms with Crippen molar-refractivity contribution in [3.05, 3.63) is 15.3 Å². The first-order valence-corrected chi connectivity index (χ1v) is 8.20. The van der Waals surface area contributed by atoms with E-state index in [9.17, 15) is 9.90 Å². The molecule has 0 saturated carbocycles. The molecule has 4 atom stereocenters. The van der Waals surface area contributed by atoms with Gasteiger partial charge < -0.3 is 19.9 Å². The second-order valence-corrected chi connectivity index (χ2v) is 6.44. The van der Waals surface area contributed by atoms with Crippen LogP contribution in [0.3, 0.4) is 0 Å². The number of nitrogens with one attached hydrogen (secondary N) is 1. The summed E-state index contributed by atoms with van der Waals surface area (Å²) in [6.07, 6.45) is 0.222. The van der Waals surface area contributed by atoms with Gasteiger partial charge in [-0.1, -0.05) is 18.5 Å². The van der Waals surface area contributed by atoms with E-state index in [1.165, 1.54) is 11.3 Å². The highest BCUT2D eigenvalue weighted by molar-refractivity contribution is 7.11. The molecule has 1 aliphatic heterocycles. The van der Waals surface area contributed by atoms with Gasteiger partial charge in [-0.25, -0.2) is 0 Å². The monoisotopic (exact) mass is 333 g/mol. The second kappa shape index (κ2) is 6.96. The summed E-state index contributed by atoms with van der Waals surface area (Å²) in [4.78, 5) is 12.2. The van der Waals surface area contributed by atoms with Crippen LogP contribution in [0, 0.1) is 5.92 Å². The van der Waals surface area contributed by atoms with Gasteiger partial charge in [0.05, 0.1) is 28.7 Å². The van der Waals surface area contributed by atoms with E-state index >= 15 is 0 Å². The molecule has 0 amide bonds. The van der Waals surface area contributed by atoms with Gasteiger partial charge in [-0.05, 0) is 26.3 Å².